The van der Waals surface area contributed by atoms with Crippen LogP contribution in [0.1, 0.15) is 42.5 Å². The largest absolute Gasteiger partial charge is 0.299 e. The SMILES string of the molecule is CCC(C)C(=O)Cc1c(C)cc(C)cc1C. The molecule has 0 N–H and O–H groups in total. The van der Waals surface area contributed by atoms with E-state index in [9.17, 15) is 4.79 Å². The Bertz CT molecular complexity index is 367. The van der Waals surface area contributed by atoms with Gasteiger partial charge in [0.25, 0.3) is 0 Å². The van der Waals surface area contributed by atoms with Crippen LogP contribution < -0.4 is 0 Å². The Hall–Kier alpha value is -1.11. The number of ketones is 1. The normalized spacial score (nSPS) is 12.6. The molecular formula is C15H22O. The molecule has 88 valence electrons. The Morgan fingerprint density at radius 2 is 1.69 bits per heavy atom. The number of carbonyl (C=O) groups excluding carboxylic acids is 1. The molecule has 16 heavy (non-hydrogen) atoms. The summed E-state index contributed by atoms with van der Waals surface area (Å²) in [6, 6.07) is 4.32. The quantitative estimate of drug-likeness (QED) is 0.752. The van der Waals surface area contributed by atoms with E-state index >= 15 is 0 Å². The third-order valence-corrected chi connectivity index (χ3v) is 3.35. The minimum atomic E-state index is 0.181. The van der Waals surface area contributed by atoms with E-state index < -0.39 is 0 Å². The Morgan fingerprint density at radius 1 is 1.19 bits per heavy atom. The van der Waals surface area contributed by atoms with Crippen molar-refractivity contribution < 1.29 is 4.79 Å². The van der Waals surface area contributed by atoms with Gasteiger partial charge in [0.05, 0.1) is 0 Å². The molecule has 1 aromatic rings. The van der Waals surface area contributed by atoms with Gasteiger partial charge in [-0.2, -0.15) is 0 Å². The molecule has 0 spiro atoms. The van der Waals surface area contributed by atoms with Gasteiger partial charge in [-0.25, -0.2) is 0 Å². The predicted molar refractivity (Wildman–Crippen MR) is 68.8 cm³/mol. The Labute approximate surface area is 98.9 Å². The molecule has 0 aliphatic heterocycles. The molecule has 1 unspecified atom stereocenters. The summed E-state index contributed by atoms with van der Waals surface area (Å²) in [6.45, 7) is 10.4. The van der Waals surface area contributed by atoms with E-state index in [0.717, 1.165) is 6.42 Å². The average Bonchev–Trinajstić information content (AvgIpc) is 2.21. The molecule has 1 rings (SSSR count). The maximum atomic E-state index is 11.9. The second-order valence-corrected chi connectivity index (χ2v) is 4.83. The molecule has 0 aliphatic carbocycles. The van der Waals surface area contributed by atoms with E-state index in [4.69, 9.17) is 0 Å². The number of hydrogen-bond acceptors (Lipinski definition) is 1. The first-order valence-corrected chi connectivity index (χ1v) is 6.05. The smallest absolute Gasteiger partial charge is 0.140 e. The van der Waals surface area contributed by atoms with Crippen LogP contribution in [0.5, 0.6) is 0 Å². The van der Waals surface area contributed by atoms with E-state index in [-0.39, 0.29) is 5.92 Å². The maximum absolute atomic E-state index is 11.9. The molecule has 0 aromatic heterocycles. The molecule has 0 bridgehead atoms. The van der Waals surface area contributed by atoms with Crippen molar-refractivity contribution in [2.24, 2.45) is 5.92 Å². The first-order valence-electron chi connectivity index (χ1n) is 6.05. The third kappa shape index (κ3) is 2.94. The van der Waals surface area contributed by atoms with Gasteiger partial charge in [0.15, 0.2) is 0 Å². The monoisotopic (exact) mass is 218 g/mol. The number of Topliss-reactive ketones (excluding diaryl/α,β-unsaturated/α-hetero) is 1. The average molecular weight is 218 g/mol. The highest BCUT2D eigenvalue weighted by atomic mass is 16.1. The van der Waals surface area contributed by atoms with Crippen molar-refractivity contribution in [3.05, 3.63) is 34.4 Å². The molecular weight excluding hydrogens is 196 g/mol. The summed E-state index contributed by atoms with van der Waals surface area (Å²) in [5.74, 6) is 0.539. The zero-order valence-electron chi connectivity index (χ0n) is 11.1. The molecule has 1 heteroatoms. The van der Waals surface area contributed by atoms with Crippen molar-refractivity contribution in [2.45, 2.75) is 47.5 Å². The summed E-state index contributed by atoms with van der Waals surface area (Å²) in [7, 11) is 0. The summed E-state index contributed by atoms with van der Waals surface area (Å²) in [6.07, 6.45) is 1.52. The van der Waals surface area contributed by atoms with Crippen LogP contribution >= 0.6 is 0 Å². The lowest BCUT2D eigenvalue weighted by molar-refractivity contribution is -0.121. The van der Waals surface area contributed by atoms with E-state index in [1.165, 1.54) is 22.3 Å². The van der Waals surface area contributed by atoms with Crippen molar-refractivity contribution in [3.8, 4) is 0 Å². The van der Waals surface area contributed by atoms with Gasteiger partial charge in [-0.1, -0.05) is 31.5 Å². The molecule has 1 nitrogen and oxygen atoms in total. The molecule has 0 aliphatic rings. The van der Waals surface area contributed by atoms with Crippen LogP contribution in [-0.2, 0) is 11.2 Å². The number of rotatable bonds is 4. The predicted octanol–water partition coefficient (Wildman–Crippen LogP) is 3.77. The molecule has 1 aromatic carbocycles. The van der Waals surface area contributed by atoms with Crippen LogP contribution in [0.15, 0.2) is 12.1 Å². The Balaban J connectivity index is 2.93. The minimum absolute atomic E-state index is 0.181. The molecule has 0 amide bonds. The lowest BCUT2D eigenvalue weighted by Crippen LogP contribution is -2.14. The molecule has 0 saturated carbocycles. The van der Waals surface area contributed by atoms with E-state index in [1.54, 1.807) is 0 Å². The van der Waals surface area contributed by atoms with Gasteiger partial charge in [0, 0.05) is 12.3 Å². The van der Waals surface area contributed by atoms with Gasteiger partial charge >= 0.3 is 0 Å². The van der Waals surface area contributed by atoms with Crippen LogP contribution in [0.2, 0.25) is 0 Å². The first kappa shape index (κ1) is 13.0. The number of hydrogen-bond donors (Lipinski definition) is 0. The Morgan fingerprint density at radius 3 is 2.12 bits per heavy atom. The number of carbonyl (C=O) groups is 1. The van der Waals surface area contributed by atoms with Crippen molar-refractivity contribution in [2.75, 3.05) is 0 Å². The summed E-state index contributed by atoms with van der Waals surface area (Å²) >= 11 is 0. The van der Waals surface area contributed by atoms with Crippen molar-refractivity contribution in [1.82, 2.24) is 0 Å². The third-order valence-electron chi connectivity index (χ3n) is 3.35. The second kappa shape index (κ2) is 5.29. The van der Waals surface area contributed by atoms with E-state index in [2.05, 4.69) is 39.8 Å². The fraction of sp³-hybridized carbons (Fsp3) is 0.533. The van der Waals surface area contributed by atoms with Gasteiger partial charge in [-0.05, 0) is 43.9 Å². The van der Waals surface area contributed by atoms with Crippen LogP contribution in [0.25, 0.3) is 0 Å². The zero-order chi connectivity index (χ0) is 12.3. The van der Waals surface area contributed by atoms with E-state index in [1.807, 2.05) is 6.92 Å². The standard InChI is InChI=1S/C15H22O/c1-6-11(3)15(16)9-14-12(4)7-10(2)8-13(14)5/h7-8,11H,6,9H2,1-5H3. The fourth-order valence-electron chi connectivity index (χ4n) is 2.06. The van der Waals surface area contributed by atoms with Gasteiger partial charge in [0.2, 0.25) is 0 Å². The lowest BCUT2D eigenvalue weighted by Gasteiger charge is -2.13. The highest BCUT2D eigenvalue weighted by Crippen LogP contribution is 2.19. The first-order chi connectivity index (χ1) is 7.45. The highest BCUT2D eigenvalue weighted by Gasteiger charge is 2.14. The lowest BCUT2D eigenvalue weighted by atomic mass is 9.91. The second-order valence-electron chi connectivity index (χ2n) is 4.83. The van der Waals surface area contributed by atoms with Crippen LogP contribution in [0, 0.1) is 26.7 Å². The molecule has 0 heterocycles. The van der Waals surface area contributed by atoms with Gasteiger partial charge in [-0.15, -0.1) is 0 Å². The van der Waals surface area contributed by atoms with Crippen molar-refractivity contribution in [3.63, 3.8) is 0 Å². The number of benzene rings is 1. The van der Waals surface area contributed by atoms with Crippen LogP contribution in [0.4, 0.5) is 0 Å². The maximum Gasteiger partial charge on any atom is 0.140 e. The summed E-state index contributed by atoms with van der Waals surface area (Å²) in [5.41, 5.74) is 4.98. The molecule has 0 fully saturated rings. The minimum Gasteiger partial charge on any atom is -0.299 e. The van der Waals surface area contributed by atoms with Crippen molar-refractivity contribution >= 4 is 5.78 Å². The Kier molecular flexibility index (Phi) is 4.28. The van der Waals surface area contributed by atoms with E-state index in [0.29, 0.717) is 12.2 Å². The molecule has 0 saturated heterocycles. The molecule has 0 radical (unpaired) electrons. The summed E-state index contributed by atoms with van der Waals surface area (Å²) in [4.78, 5) is 11.9. The van der Waals surface area contributed by atoms with Crippen LogP contribution in [-0.4, -0.2) is 5.78 Å². The fourth-order valence-corrected chi connectivity index (χ4v) is 2.06. The topological polar surface area (TPSA) is 17.1 Å². The van der Waals surface area contributed by atoms with Crippen molar-refractivity contribution in [1.29, 1.82) is 0 Å². The zero-order valence-corrected chi connectivity index (χ0v) is 11.1. The highest BCUT2D eigenvalue weighted by molar-refractivity contribution is 5.83. The summed E-state index contributed by atoms with van der Waals surface area (Å²) in [5, 5.41) is 0. The summed E-state index contributed by atoms with van der Waals surface area (Å²) < 4.78 is 0. The molecule has 1 atom stereocenters. The van der Waals surface area contributed by atoms with Gasteiger partial charge in [0.1, 0.15) is 5.78 Å². The number of aryl methyl sites for hydroxylation is 3. The van der Waals surface area contributed by atoms with Gasteiger partial charge < -0.3 is 0 Å². The van der Waals surface area contributed by atoms with Gasteiger partial charge in [-0.3, -0.25) is 4.79 Å². The van der Waals surface area contributed by atoms with Crippen LogP contribution in [0.3, 0.4) is 0 Å².